The Morgan fingerprint density at radius 3 is 2.93 bits per heavy atom. The van der Waals surface area contributed by atoms with Gasteiger partial charge in [0.25, 0.3) is 0 Å². The predicted molar refractivity (Wildman–Crippen MR) is 62.1 cm³/mol. The van der Waals surface area contributed by atoms with Gasteiger partial charge in [0.2, 0.25) is 0 Å². The summed E-state index contributed by atoms with van der Waals surface area (Å²) in [6.45, 7) is 7.94. The minimum atomic E-state index is 0.365. The highest BCUT2D eigenvalue weighted by Gasteiger charge is 2.42. The van der Waals surface area contributed by atoms with Crippen LogP contribution in [-0.2, 0) is 4.74 Å². The van der Waals surface area contributed by atoms with Gasteiger partial charge >= 0.3 is 0 Å². The van der Waals surface area contributed by atoms with Gasteiger partial charge in [-0.3, -0.25) is 4.90 Å². The van der Waals surface area contributed by atoms with E-state index in [4.69, 9.17) is 4.74 Å². The molecule has 3 heteroatoms. The van der Waals surface area contributed by atoms with Gasteiger partial charge in [0.1, 0.15) is 0 Å². The molecule has 0 radical (unpaired) electrons. The van der Waals surface area contributed by atoms with E-state index in [9.17, 15) is 0 Å². The maximum atomic E-state index is 5.17. The first-order chi connectivity index (χ1) is 7.24. The van der Waals surface area contributed by atoms with E-state index in [1.807, 2.05) is 0 Å². The number of rotatable bonds is 4. The molecular weight excluding hydrogens is 188 g/mol. The van der Waals surface area contributed by atoms with Gasteiger partial charge in [-0.25, -0.2) is 0 Å². The monoisotopic (exact) mass is 212 g/mol. The summed E-state index contributed by atoms with van der Waals surface area (Å²) in [5.41, 5.74) is 0.365. The van der Waals surface area contributed by atoms with Crippen molar-refractivity contribution in [2.24, 2.45) is 5.92 Å². The highest BCUT2D eigenvalue weighted by molar-refractivity contribution is 5.00. The summed E-state index contributed by atoms with van der Waals surface area (Å²) in [6, 6.07) is 0. The second-order valence-corrected chi connectivity index (χ2v) is 5.24. The largest absolute Gasteiger partial charge is 0.383 e. The molecule has 1 aliphatic carbocycles. The van der Waals surface area contributed by atoms with Gasteiger partial charge in [-0.2, -0.15) is 0 Å². The van der Waals surface area contributed by atoms with Gasteiger partial charge in [-0.15, -0.1) is 0 Å². The smallest absolute Gasteiger partial charge is 0.0589 e. The zero-order valence-corrected chi connectivity index (χ0v) is 10.1. The lowest BCUT2D eigenvalue weighted by Gasteiger charge is -2.33. The van der Waals surface area contributed by atoms with E-state index < -0.39 is 0 Å². The maximum Gasteiger partial charge on any atom is 0.0589 e. The molecular formula is C12H24N2O. The van der Waals surface area contributed by atoms with Gasteiger partial charge in [-0.05, 0) is 45.2 Å². The number of hydrogen-bond acceptors (Lipinski definition) is 3. The van der Waals surface area contributed by atoms with Crippen molar-refractivity contribution in [3.63, 3.8) is 0 Å². The molecule has 3 nitrogen and oxygen atoms in total. The van der Waals surface area contributed by atoms with Crippen LogP contribution in [0.3, 0.4) is 0 Å². The molecule has 1 N–H and O–H groups in total. The van der Waals surface area contributed by atoms with Crippen molar-refractivity contribution in [2.75, 3.05) is 39.9 Å². The molecule has 0 bridgehead atoms. The van der Waals surface area contributed by atoms with Crippen LogP contribution in [-0.4, -0.2) is 50.3 Å². The van der Waals surface area contributed by atoms with E-state index in [2.05, 4.69) is 17.1 Å². The van der Waals surface area contributed by atoms with Gasteiger partial charge in [-0.1, -0.05) is 0 Å². The molecule has 2 fully saturated rings. The Morgan fingerprint density at radius 1 is 1.47 bits per heavy atom. The third-order valence-corrected chi connectivity index (χ3v) is 3.82. The SMILES string of the molecule is COCCN1CCCNC(C)(C2CC2)C1. The van der Waals surface area contributed by atoms with Crippen molar-refractivity contribution in [3.05, 3.63) is 0 Å². The summed E-state index contributed by atoms with van der Waals surface area (Å²) in [5, 5.41) is 3.74. The fourth-order valence-corrected chi connectivity index (χ4v) is 2.68. The summed E-state index contributed by atoms with van der Waals surface area (Å²) in [5.74, 6) is 0.917. The molecule has 0 aromatic carbocycles. The van der Waals surface area contributed by atoms with E-state index in [1.54, 1.807) is 7.11 Å². The van der Waals surface area contributed by atoms with E-state index in [-0.39, 0.29) is 0 Å². The molecule has 1 saturated carbocycles. The van der Waals surface area contributed by atoms with Crippen LogP contribution in [0.15, 0.2) is 0 Å². The Bertz CT molecular complexity index is 206. The molecule has 1 heterocycles. The zero-order valence-electron chi connectivity index (χ0n) is 10.1. The van der Waals surface area contributed by atoms with Crippen LogP contribution in [0.1, 0.15) is 26.2 Å². The van der Waals surface area contributed by atoms with Crippen LogP contribution >= 0.6 is 0 Å². The molecule has 0 amide bonds. The molecule has 2 rings (SSSR count). The minimum Gasteiger partial charge on any atom is -0.383 e. The van der Waals surface area contributed by atoms with Crippen molar-refractivity contribution in [1.29, 1.82) is 0 Å². The van der Waals surface area contributed by atoms with E-state index in [1.165, 1.54) is 38.9 Å². The summed E-state index contributed by atoms with van der Waals surface area (Å²) in [7, 11) is 1.79. The molecule has 1 unspecified atom stereocenters. The average molecular weight is 212 g/mol. The van der Waals surface area contributed by atoms with Crippen LogP contribution < -0.4 is 5.32 Å². The summed E-state index contributed by atoms with van der Waals surface area (Å²) in [6.07, 6.45) is 4.11. The van der Waals surface area contributed by atoms with Crippen molar-refractivity contribution in [1.82, 2.24) is 10.2 Å². The van der Waals surface area contributed by atoms with E-state index >= 15 is 0 Å². The molecule has 0 aromatic heterocycles. The Morgan fingerprint density at radius 2 is 2.27 bits per heavy atom. The fourth-order valence-electron chi connectivity index (χ4n) is 2.68. The molecule has 0 spiro atoms. The predicted octanol–water partition coefficient (Wildman–Crippen LogP) is 1.10. The maximum absolute atomic E-state index is 5.17. The number of nitrogens with zero attached hydrogens (tertiary/aromatic N) is 1. The van der Waals surface area contributed by atoms with Gasteiger partial charge < -0.3 is 10.1 Å². The topological polar surface area (TPSA) is 24.5 Å². The first-order valence-corrected chi connectivity index (χ1v) is 6.21. The lowest BCUT2D eigenvalue weighted by molar-refractivity contribution is 0.130. The minimum absolute atomic E-state index is 0.365. The molecule has 15 heavy (non-hydrogen) atoms. The van der Waals surface area contributed by atoms with Crippen LogP contribution in [0, 0.1) is 5.92 Å². The van der Waals surface area contributed by atoms with Crippen molar-refractivity contribution < 1.29 is 4.74 Å². The first kappa shape index (κ1) is 11.4. The van der Waals surface area contributed by atoms with Gasteiger partial charge in [0.15, 0.2) is 0 Å². The van der Waals surface area contributed by atoms with Crippen LogP contribution in [0.4, 0.5) is 0 Å². The standard InChI is InChI=1S/C12H24N2O/c1-12(11-4-5-11)10-14(8-9-15-2)7-3-6-13-12/h11,13H,3-10H2,1-2H3. The molecule has 0 aromatic rings. The van der Waals surface area contributed by atoms with E-state index in [0.29, 0.717) is 5.54 Å². The lowest BCUT2D eigenvalue weighted by Crippen LogP contribution is -2.51. The molecule has 1 saturated heterocycles. The Balaban J connectivity index is 1.89. The molecule has 88 valence electrons. The fraction of sp³-hybridized carbons (Fsp3) is 1.00. The second-order valence-electron chi connectivity index (χ2n) is 5.24. The summed E-state index contributed by atoms with van der Waals surface area (Å²) < 4.78 is 5.17. The van der Waals surface area contributed by atoms with Crippen LogP contribution in [0.5, 0.6) is 0 Å². The van der Waals surface area contributed by atoms with Crippen LogP contribution in [0.2, 0.25) is 0 Å². The highest BCUT2D eigenvalue weighted by atomic mass is 16.5. The van der Waals surface area contributed by atoms with E-state index in [0.717, 1.165) is 19.1 Å². The van der Waals surface area contributed by atoms with Crippen molar-refractivity contribution in [3.8, 4) is 0 Å². The summed E-state index contributed by atoms with van der Waals surface area (Å²) in [4.78, 5) is 2.56. The Hall–Kier alpha value is -0.120. The van der Waals surface area contributed by atoms with Crippen molar-refractivity contribution in [2.45, 2.75) is 31.7 Å². The third-order valence-electron chi connectivity index (χ3n) is 3.82. The van der Waals surface area contributed by atoms with Crippen molar-refractivity contribution >= 4 is 0 Å². The third kappa shape index (κ3) is 2.92. The Kier molecular flexibility index (Phi) is 3.65. The quantitative estimate of drug-likeness (QED) is 0.755. The van der Waals surface area contributed by atoms with Gasteiger partial charge in [0, 0.05) is 25.7 Å². The normalized spacial score (nSPS) is 34.0. The number of ether oxygens (including phenoxy) is 1. The number of nitrogens with one attached hydrogen (secondary N) is 1. The Labute approximate surface area is 93.2 Å². The van der Waals surface area contributed by atoms with Crippen LogP contribution in [0.25, 0.3) is 0 Å². The summed E-state index contributed by atoms with van der Waals surface area (Å²) >= 11 is 0. The average Bonchev–Trinajstić information content (AvgIpc) is 3.01. The number of hydrogen-bond donors (Lipinski definition) is 1. The molecule has 1 atom stereocenters. The highest BCUT2D eigenvalue weighted by Crippen LogP contribution is 2.40. The lowest BCUT2D eigenvalue weighted by atomic mass is 9.95. The molecule has 2 aliphatic rings. The number of methoxy groups -OCH3 is 1. The first-order valence-electron chi connectivity index (χ1n) is 6.21. The molecule has 1 aliphatic heterocycles. The zero-order chi connectivity index (χ0) is 10.7. The van der Waals surface area contributed by atoms with Gasteiger partial charge in [0.05, 0.1) is 6.61 Å². The second kappa shape index (κ2) is 4.81.